The van der Waals surface area contributed by atoms with Crippen LogP contribution in [0.3, 0.4) is 0 Å². The van der Waals surface area contributed by atoms with Gasteiger partial charge in [0.2, 0.25) is 0 Å². The number of H-pyrrole nitrogens is 1. The number of thioether (sulfide) groups is 1. The number of ether oxygens (including phenoxy) is 1. The Morgan fingerprint density at radius 3 is 3.06 bits per heavy atom. The van der Waals surface area contributed by atoms with E-state index < -0.39 is 0 Å². The Morgan fingerprint density at radius 1 is 1.53 bits per heavy atom. The minimum atomic E-state index is 0.503. The van der Waals surface area contributed by atoms with Gasteiger partial charge in [0.15, 0.2) is 5.16 Å². The van der Waals surface area contributed by atoms with Crippen LogP contribution in [-0.2, 0) is 0 Å². The molecule has 2 aromatic rings. The van der Waals surface area contributed by atoms with E-state index in [1.54, 1.807) is 18.9 Å². The van der Waals surface area contributed by atoms with Gasteiger partial charge in [-0.3, -0.25) is 0 Å². The molecule has 2 rings (SSSR count). The van der Waals surface area contributed by atoms with Crippen molar-refractivity contribution >= 4 is 22.8 Å². The number of methoxy groups -OCH3 is 1. The van der Waals surface area contributed by atoms with Gasteiger partial charge < -0.3 is 15.5 Å². The number of benzene rings is 1. The van der Waals surface area contributed by atoms with Gasteiger partial charge in [-0.1, -0.05) is 18.7 Å². The molecule has 0 aliphatic heterocycles. The second-order valence-corrected chi connectivity index (χ2v) is 5.09. The fourth-order valence-corrected chi connectivity index (χ4v) is 2.37. The highest BCUT2D eigenvalue weighted by Crippen LogP contribution is 2.24. The zero-order valence-corrected chi connectivity index (χ0v) is 10.9. The molecular weight excluding hydrogens is 234 g/mol. The number of nitrogens with zero attached hydrogens (tertiary/aromatic N) is 1. The van der Waals surface area contributed by atoms with Crippen molar-refractivity contribution in [3.05, 3.63) is 18.2 Å². The van der Waals surface area contributed by atoms with Crippen LogP contribution in [-0.4, -0.2) is 29.4 Å². The summed E-state index contributed by atoms with van der Waals surface area (Å²) in [5, 5.41) is 0.938. The fraction of sp³-hybridized carbons (Fsp3) is 0.417. The Labute approximate surface area is 105 Å². The van der Waals surface area contributed by atoms with Crippen LogP contribution in [0.1, 0.15) is 6.92 Å². The van der Waals surface area contributed by atoms with E-state index in [2.05, 4.69) is 16.9 Å². The van der Waals surface area contributed by atoms with Crippen LogP contribution in [0.25, 0.3) is 11.0 Å². The largest absolute Gasteiger partial charge is 0.497 e. The molecule has 4 nitrogen and oxygen atoms in total. The van der Waals surface area contributed by atoms with Gasteiger partial charge in [0, 0.05) is 11.8 Å². The van der Waals surface area contributed by atoms with Crippen molar-refractivity contribution < 1.29 is 4.74 Å². The summed E-state index contributed by atoms with van der Waals surface area (Å²) in [5.41, 5.74) is 7.56. The molecule has 1 heterocycles. The predicted molar refractivity (Wildman–Crippen MR) is 71.6 cm³/mol. The lowest BCUT2D eigenvalue weighted by molar-refractivity contribution is 0.415. The quantitative estimate of drug-likeness (QED) is 0.800. The van der Waals surface area contributed by atoms with Crippen LogP contribution < -0.4 is 10.5 Å². The number of imidazole rings is 1. The van der Waals surface area contributed by atoms with Crippen molar-refractivity contribution in [3.63, 3.8) is 0 Å². The highest BCUT2D eigenvalue weighted by atomic mass is 32.2. The van der Waals surface area contributed by atoms with Crippen LogP contribution in [0.5, 0.6) is 5.75 Å². The van der Waals surface area contributed by atoms with Crippen LogP contribution in [0, 0.1) is 5.92 Å². The van der Waals surface area contributed by atoms with Crippen molar-refractivity contribution in [2.24, 2.45) is 11.7 Å². The van der Waals surface area contributed by atoms with Gasteiger partial charge in [0.05, 0.1) is 18.1 Å². The minimum absolute atomic E-state index is 0.503. The monoisotopic (exact) mass is 251 g/mol. The molecule has 3 N–H and O–H groups in total. The number of aromatic amines is 1. The topological polar surface area (TPSA) is 63.9 Å². The number of rotatable bonds is 5. The molecule has 0 saturated heterocycles. The highest BCUT2D eigenvalue weighted by molar-refractivity contribution is 7.99. The number of hydrogen-bond acceptors (Lipinski definition) is 4. The first-order valence-corrected chi connectivity index (χ1v) is 6.58. The third-order valence-corrected chi connectivity index (χ3v) is 3.78. The summed E-state index contributed by atoms with van der Waals surface area (Å²) in [6.45, 7) is 2.85. The van der Waals surface area contributed by atoms with E-state index in [9.17, 15) is 0 Å². The maximum absolute atomic E-state index is 5.59. The molecule has 0 aliphatic carbocycles. The lowest BCUT2D eigenvalue weighted by Crippen LogP contribution is -2.12. The average molecular weight is 251 g/mol. The van der Waals surface area contributed by atoms with Crippen LogP contribution in [0.2, 0.25) is 0 Å². The molecule has 1 aromatic heterocycles. The highest BCUT2D eigenvalue weighted by Gasteiger charge is 2.06. The Kier molecular flexibility index (Phi) is 3.91. The summed E-state index contributed by atoms with van der Waals surface area (Å²) >= 11 is 1.70. The molecule has 0 aliphatic rings. The van der Waals surface area contributed by atoms with E-state index in [1.165, 1.54) is 0 Å². The standard InChI is InChI=1S/C12H17N3OS/c1-8(6-13)7-17-12-14-10-4-3-9(16-2)5-11(10)15-12/h3-5,8H,6-7,13H2,1-2H3,(H,14,15). The van der Waals surface area contributed by atoms with E-state index in [0.29, 0.717) is 12.5 Å². The summed E-state index contributed by atoms with van der Waals surface area (Å²) < 4.78 is 5.18. The summed E-state index contributed by atoms with van der Waals surface area (Å²) in [6, 6.07) is 5.83. The first kappa shape index (κ1) is 12.3. The molecule has 0 spiro atoms. The summed E-state index contributed by atoms with van der Waals surface area (Å²) in [6.07, 6.45) is 0. The van der Waals surface area contributed by atoms with E-state index in [4.69, 9.17) is 10.5 Å². The summed E-state index contributed by atoms with van der Waals surface area (Å²) in [5.74, 6) is 2.32. The summed E-state index contributed by atoms with van der Waals surface area (Å²) in [4.78, 5) is 7.79. The van der Waals surface area contributed by atoms with Gasteiger partial charge in [-0.25, -0.2) is 4.98 Å². The maximum atomic E-state index is 5.59. The maximum Gasteiger partial charge on any atom is 0.166 e. The zero-order chi connectivity index (χ0) is 12.3. The molecular formula is C12H17N3OS. The van der Waals surface area contributed by atoms with E-state index in [-0.39, 0.29) is 0 Å². The van der Waals surface area contributed by atoms with Crippen LogP contribution >= 0.6 is 11.8 Å². The third kappa shape index (κ3) is 2.92. The van der Waals surface area contributed by atoms with Gasteiger partial charge in [-0.2, -0.15) is 0 Å². The lowest BCUT2D eigenvalue weighted by Gasteiger charge is -2.04. The fourth-order valence-electron chi connectivity index (χ4n) is 1.45. The van der Waals surface area contributed by atoms with E-state index >= 15 is 0 Å². The number of fused-ring (bicyclic) bond motifs is 1. The molecule has 0 bridgehead atoms. The number of nitrogens with one attached hydrogen (secondary N) is 1. The molecule has 0 saturated carbocycles. The Balaban J connectivity index is 2.14. The predicted octanol–water partition coefficient (Wildman–Crippen LogP) is 2.26. The van der Waals surface area contributed by atoms with Gasteiger partial charge in [-0.05, 0) is 24.6 Å². The zero-order valence-electron chi connectivity index (χ0n) is 10.1. The SMILES string of the molecule is COc1ccc2nc(SCC(C)CN)[nH]c2c1. The smallest absolute Gasteiger partial charge is 0.166 e. The second-order valence-electron chi connectivity index (χ2n) is 4.08. The molecule has 1 atom stereocenters. The Bertz CT molecular complexity index is 497. The van der Waals surface area contributed by atoms with E-state index in [0.717, 1.165) is 27.7 Å². The average Bonchev–Trinajstić information content (AvgIpc) is 2.77. The van der Waals surface area contributed by atoms with Crippen molar-refractivity contribution in [1.29, 1.82) is 0 Å². The third-order valence-electron chi connectivity index (χ3n) is 2.57. The first-order valence-electron chi connectivity index (χ1n) is 5.59. The molecule has 17 heavy (non-hydrogen) atoms. The minimum Gasteiger partial charge on any atom is -0.497 e. The molecule has 0 amide bonds. The molecule has 0 radical (unpaired) electrons. The van der Waals surface area contributed by atoms with Gasteiger partial charge >= 0.3 is 0 Å². The molecule has 5 heteroatoms. The number of hydrogen-bond donors (Lipinski definition) is 2. The van der Waals surface area contributed by atoms with Crippen molar-refractivity contribution in [2.45, 2.75) is 12.1 Å². The molecule has 1 aromatic carbocycles. The Hall–Kier alpha value is -1.20. The van der Waals surface area contributed by atoms with Gasteiger partial charge in [0.25, 0.3) is 0 Å². The van der Waals surface area contributed by atoms with Crippen molar-refractivity contribution in [1.82, 2.24) is 9.97 Å². The first-order chi connectivity index (χ1) is 8.22. The van der Waals surface area contributed by atoms with Gasteiger partial charge in [0.1, 0.15) is 5.75 Å². The van der Waals surface area contributed by atoms with Crippen LogP contribution in [0.15, 0.2) is 23.4 Å². The Morgan fingerprint density at radius 2 is 2.35 bits per heavy atom. The molecule has 92 valence electrons. The van der Waals surface area contributed by atoms with Gasteiger partial charge in [-0.15, -0.1) is 0 Å². The van der Waals surface area contributed by atoms with Crippen molar-refractivity contribution in [3.8, 4) is 5.75 Å². The van der Waals surface area contributed by atoms with Crippen molar-refractivity contribution in [2.75, 3.05) is 19.4 Å². The molecule has 0 fully saturated rings. The van der Waals surface area contributed by atoms with Crippen LogP contribution in [0.4, 0.5) is 0 Å². The molecule has 1 unspecified atom stereocenters. The number of nitrogens with two attached hydrogens (primary N) is 1. The second kappa shape index (κ2) is 5.42. The normalized spacial score (nSPS) is 12.9. The number of aromatic nitrogens is 2. The summed E-state index contributed by atoms with van der Waals surface area (Å²) in [7, 11) is 1.66. The van der Waals surface area contributed by atoms with E-state index in [1.807, 2.05) is 18.2 Å². The lowest BCUT2D eigenvalue weighted by atomic mass is 10.2.